The fraction of sp³-hybridized carbons (Fsp3) is 0.471. The SMILES string of the molecule is Cn1cc(-c2ccc3c(c2)CCC3)c(C2CCCN2)n1. The molecular weight excluding hydrogens is 246 g/mol. The standard InChI is InChI=1S/C17H21N3/c1-20-11-15(17(19-20)16-6-3-9-18-16)14-8-7-12-4-2-5-13(12)10-14/h7-8,10-11,16,18H,2-6,9H2,1H3. The van der Waals surface area contributed by atoms with Crippen molar-refractivity contribution in [2.24, 2.45) is 7.05 Å². The van der Waals surface area contributed by atoms with Gasteiger partial charge in [0, 0.05) is 18.8 Å². The molecule has 1 fully saturated rings. The average molecular weight is 267 g/mol. The molecule has 0 radical (unpaired) electrons. The van der Waals surface area contributed by atoms with Crippen molar-refractivity contribution >= 4 is 0 Å². The maximum atomic E-state index is 4.72. The van der Waals surface area contributed by atoms with Crippen LogP contribution in [0.15, 0.2) is 24.4 Å². The highest BCUT2D eigenvalue weighted by Gasteiger charge is 2.23. The molecule has 0 saturated carbocycles. The molecule has 0 bridgehead atoms. The number of rotatable bonds is 2. The smallest absolute Gasteiger partial charge is 0.0872 e. The highest BCUT2D eigenvalue weighted by Crippen LogP contribution is 2.34. The molecule has 2 heterocycles. The number of hydrogen-bond donors (Lipinski definition) is 1. The Morgan fingerprint density at radius 1 is 1.20 bits per heavy atom. The second-order valence-corrected chi connectivity index (χ2v) is 6.09. The fourth-order valence-corrected chi connectivity index (χ4v) is 3.64. The number of nitrogens with zero attached hydrogens (tertiary/aromatic N) is 2. The van der Waals surface area contributed by atoms with Crippen LogP contribution in [-0.4, -0.2) is 16.3 Å². The van der Waals surface area contributed by atoms with Gasteiger partial charge in [-0.2, -0.15) is 5.10 Å². The zero-order chi connectivity index (χ0) is 13.5. The van der Waals surface area contributed by atoms with Crippen LogP contribution < -0.4 is 5.32 Å². The Balaban J connectivity index is 1.77. The molecule has 4 rings (SSSR count). The summed E-state index contributed by atoms with van der Waals surface area (Å²) in [5.74, 6) is 0. The van der Waals surface area contributed by atoms with Crippen LogP contribution >= 0.6 is 0 Å². The largest absolute Gasteiger partial charge is 0.309 e. The van der Waals surface area contributed by atoms with E-state index in [1.165, 1.54) is 60.1 Å². The Labute approximate surface area is 120 Å². The van der Waals surface area contributed by atoms with Gasteiger partial charge in [-0.1, -0.05) is 18.2 Å². The van der Waals surface area contributed by atoms with Crippen LogP contribution in [-0.2, 0) is 19.9 Å². The third kappa shape index (κ3) is 1.97. The summed E-state index contributed by atoms with van der Waals surface area (Å²) in [5.41, 5.74) is 6.95. The number of aromatic nitrogens is 2. The quantitative estimate of drug-likeness (QED) is 0.906. The lowest BCUT2D eigenvalue weighted by Gasteiger charge is -2.11. The van der Waals surface area contributed by atoms with Gasteiger partial charge in [-0.05, 0) is 55.3 Å². The van der Waals surface area contributed by atoms with Gasteiger partial charge in [0.25, 0.3) is 0 Å². The highest BCUT2D eigenvalue weighted by molar-refractivity contribution is 5.67. The van der Waals surface area contributed by atoms with E-state index >= 15 is 0 Å². The zero-order valence-corrected chi connectivity index (χ0v) is 12.0. The summed E-state index contributed by atoms with van der Waals surface area (Å²) in [6.07, 6.45) is 8.43. The van der Waals surface area contributed by atoms with Crippen molar-refractivity contribution in [2.75, 3.05) is 6.54 Å². The number of nitrogens with one attached hydrogen (secondary N) is 1. The van der Waals surface area contributed by atoms with E-state index in [0.717, 1.165) is 6.54 Å². The Morgan fingerprint density at radius 2 is 2.10 bits per heavy atom. The van der Waals surface area contributed by atoms with Crippen molar-refractivity contribution < 1.29 is 0 Å². The van der Waals surface area contributed by atoms with Gasteiger partial charge >= 0.3 is 0 Å². The molecule has 1 N–H and O–H groups in total. The Bertz CT molecular complexity index is 636. The highest BCUT2D eigenvalue weighted by atomic mass is 15.3. The lowest BCUT2D eigenvalue weighted by atomic mass is 9.98. The van der Waals surface area contributed by atoms with E-state index in [-0.39, 0.29) is 0 Å². The topological polar surface area (TPSA) is 29.9 Å². The summed E-state index contributed by atoms with van der Waals surface area (Å²) in [6, 6.07) is 7.41. The summed E-state index contributed by atoms with van der Waals surface area (Å²) in [4.78, 5) is 0. The maximum Gasteiger partial charge on any atom is 0.0872 e. The lowest BCUT2D eigenvalue weighted by Crippen LogP contribution is -2.14. The normalized spacial score (nSPS) is 21.4. The van der Waals surface area contributed by atoms with Gasteiger partial charge in [0.15, 0.2) is 0 Å². The van der Waals surface area contributed by atoms with Crippen LogP contribution in [0, 0.1) is 0 Å². The summed E-state index contributed by atoms with van der Waals surface area (Å²) in [6.45, 7) is 1.12. The van der Waals surface area contributed by atoms with Gasteiger partial charge in [0.1, 0.15) is 0 Å². The molecule has 1 unspecified atom stereocenters. The molecular formula is C17H21N3. The van der Waals surface area contributed by atoms with Crippen LogP contribution in [0.3, 0.4) is 0 Å². The van der Waals surface area contributed by atoms with E-state index in [2.05, 4.69) is 29.7 Å². The van der Waals surface area contributed by atoms with Gasteiger partial charge < -0.3 is 5.32 Å². The molecule has 2 aromatic rings. The van der Waals surface area contributed by atoms with Crippen LogP contribution in [0.4, 0.5) is 0 Å². The average Bonchev–Trinajstić information content (AvgIpc) is 3.17. The Morgan fingerprint density at radius 3 is 2.95 bits per heavy atom. The molecule has 1 aliphatic carbocycles. The van der Waals surface area contributed by atoms with Crippen LogP contribution in [0.25, 0.3) is 11.1 Å². The molecule has 1 aliphatic heterocycles. The first-order valence-corrected chi connectivity index (χ1v) is 7.70. The molecule has 1 aromatic carbocycles. The monoisotopic (exact) mass is 267 g/mol. The van der Waals surface area contributed by atoms with Crippen molar-refractivity contribution in [1.29, 1.82) is 0 Å². The molecule has 1 aromatic heterocycles. The Hall–Kier alpha value is -1.61. The van der Waals surface area contributed by atoms with Crippen LogP contribution in [0.2, 0.25) is 0 Å². The minimum absolute atomic E-state index is 0.430. The first kappa shape index (κ1) is 12.2. The van der Waals surface area contributed by atoms with Crippen molar-refractivity contribution in [3.63, 3.8) is 0 Å². The van der Waals surface area contributed by atoms with Gasteiger partial charge in [-0.25, -0.2) is 0 Å². The molecule has 3 heteroatoms. The Kier molecular flexibility index (Phi) is 2.88. The van der Waals surface area contributed by atoms with Crippen LogP contribution in [0.5, 0.6) is 0 Å². The van der Waals surface area contributed by atoms with Gasteiger partial charge in [-0.3, -0.25) is 4.68 Å². The molecule has 1 atom stereocenters. The number of fused-ring (bicyclic) bond motifs is 1. The van der Waals surface area contributed by atoms with E-state index in [0.29, 0.717) is 6.04 Å². The molecule has 1 saturated heterocycles. The second kappa shape index (κ2) is 4.74. The summed E-state index contributed by atoms with van der Waals surface area (Å²) in [7, 11) is 2.02. The second-order valence-electron chi connectivity index (χ2n) is 6.09. The van der Waals surface area contributed by atoms with Crippen molar-refractivity contribution in [3.8, 4) is 11.1 Å². The number of hydrogen-bond acceptors (Lipinski definition) is 2. The molecule has 20 heavy (non-hydrogen) atoms. The summed E-state index contributed by atoms with van der Waals surface area (Å²) < 4.78 is 1.96. The first-order chi connectivity index (χ1) is 9.81. The zero-order valence-electron chi connectivity index (χ0n) is 12.0. The summed E-state index contributed by atoms with van der Waals surface area (Å²) in [5, 5.41) is 8.29. The number of benzene rings is 1. The maximum absolute atomic E-state index is 4.72. The molecule has 0 spiro atoms. The van der Waals surface area contributed by atoms with E-state index in [4.69, 9.17) is 5.10 Å². The van der Waals surface area contributed by atoms with Gasteiger partial charge in [0.05, 0.1) is 11.7 Å². The van der Waals surface area contributed by atoms with Crippen molar-refractivity contribution in [1.82, 2.24) is 15.1 Å². The minimum atomic E-state index is 0.430. The fourth-order valence-electron chi connectivity index (χ4n) is 3.64. The predicted octanol–water partition coefficient (Wildman–Crippen LogP) is 3.00. The lowest BCUT2D eigenvalue weighted by molar-refractivity contribution is 0.607. The van der Waals surface area contributed by atoms with E-state index < -0.39 is 0 Å². The van der Waals surface area contributed by atoms with Gasteiger partial charge in [0.2, 0.25) is 0 Å². The molecule has 3 nitrogen and oxygen atoms in total. The predicted molar refractivity (Wildman–Crippen MR) is 80.6 cm³/mol. The summed E-state index contributed by atoms with van der Waals surface area (Å²) >= 11 is 0. The third-order valence-electron chi connectivity index (χ3n) is 4.66. The van der Waals surface area contributed by atoms with Crippen LogP contribution in [0.1, 0.15) is 42.1 Å². The molecule has 2 aliphatic rings. The molecule has 104 valence electrons. The van der Waals surface area contributed by atoms with E-state index in [9.17, 15) is 0 Å². The van der Waals surface area contributed by atoms with E-state index in [1.807, 2.05) is 11.7 Å². The van der Waals surface area contributed by atoms with Crippen molar-refractivity contribution in [2.45, 2.75) is 38.1 Å². The number of aryl methyl sites for hydroxylation is 3. The van der Waals surface area contributed by atoms with E-state index in [1.54, 1.807) is 0 Å². The first-order valence-electron chi connectivity index (χ1n) is 7.70. The minimum Gasteiger partial charge on any atom is -0.309 e. The van der Waals surface area contributed by atoms with Gasteiger partial charge in [-0.15, -0.1) is 0 Å². The molecule has 0 amide bonds. The third-order valence-corrected chi connectivity index (χ3v) is 4.66. The van der Waals surface area contributed by atoms with Crippen molar-refractivity contribution in [3.05, 3.63) is 41.2 Å².